The van der Waals surface area contributed by atoms with Gasteiger partial charge in [0, 0.05) is 27.2 Å². The molecule has 1 aromatic heterocycles. The maximum Gasteiger partial charge on any atom is 0.232 e. The third kappa shape index (κ3) is 2.61. The summed E-state index contributed by atoms with van der Waals surface area (Å²) in [6.45, 7) is 3.42. The molecule has 0 spiro atoms. The molecule has 0 saturated carbocycles. The molecule has 0 amide bonds. The molecule has 1 aliphatic rings. The van der Waals surface area contributed by atoms with Gasteiger partial charge in [-0.05, 0) is 12.3 Å². The van der Waals surface area contributed by atoms with E-state index in [9.17, 15) is 5.11 Å². The normalized spacial score (nSPS) is 24.1. The molecule has 1 aromatic rings. The lowest BCUT2D eigenvalue weighted by Crippen LogP contribution is -2.43. The molecule has 0 aromatic carbocycles. The van der Waals surface area contributed by atoms with E-state index >= 15 is 0 Å². The average Bonchev–Trinajstić information content (AvgIpc) is 2.31. The fourth-order valence-corrected chi connectivity index (χ4v) is 1.94. The maximum atomic E-state index is 9.90. The van der Waals surface area contributed by atoms with Gasteiger partial charge < -0.3 is 20.6 Å². The predicted octanol–water partition coefficient (Wildman–Crippen LogP) is -0.273. The Morgan fingerprint density at radius 1 is 1.33 bits per heavy atom. The van der Waals surface area contributed by atoms with Crippen LogP contribution < -0.4 is 15.5 Å². The number of aliphatic hydroxyl groups is 1. The van der Waals surface area contributed by atoms with Crippen molar-refractivity contribution in [3.63, 3.8) is 0 Å². The van der Waals surface area contributed by atoms with E-state index < -0.39 is 0 Å². The quantitative estimate of drug-likeness (QED) is 0.748. The van der Waals surface area contributed by atoms with Crippen LogP contribution in [-0.4, -0.2) is 53.3 Å². The van der Waals surface area contributed by atoms with Gasteiger partial charge in [-0.25, -0.2) is 0 Å². The summed E-state index contributed by atoms with van der Waals surface area (Å²) in [7, 11) is 3.71. The molecule has 1 saturated heterocycles. The highest BCUT2D eigenvalue weighted by atomic mass is 16.3. The minimum absolute atomic E-state index is 0.205. The molecule has 0 radical (unpaired) electrons. The van der Waals surface area contributed by atoms with Gasteiger partial charge in [0.2, 0.25) is 17.8 Å². The molecule has 2 atom stereocenters. The van der Waals surface area contributed by atoms with Crippen molar-refractivity contribution in [2.45, 2.75) is 19.4 Å². The largest absolute Gasteiger partial charge is 0.391 e. The van der Waals surface area contributed by atoms with E-state index in [2.05, 4.69) is 21.9 Å². The summed E-state index contributed by atoms with van der Waals surface area (Å²) in [5.41, 5.74) is 5.69. The van der Waals surface area contributed by atoms with Gasteiger partial charge in [0.25, 0.3) is 0 Å². The molecule has 7 heteroatoms. The second kappa shape index (κ2) is 4.93. The second-order valence-electron chi connectivity index (χ2n) is 4.97. The summed E-state index contributed by atoms with van der Waals surface area (Å²) in [5, 5.41) is 9.90. The topological polar surface area (TPSA) is 91.4 Å². The van der Waals surface area contributed by atoms with Crippen LogP contribution in [-0.2, 0) is 0 Å². The molecule has 3 N–H and O–H groups in total. The zero-order valence-corrected chi connectivity index (χ0v) is 11.0. The number of β-amino-alcohol motifs (C(OH)–C–C–N with tert-alkyl or cyclic N) is 1. The van der Waals surface area contributed by atoms with Crippen LogP contribution >= 0.6 is 0 Å². The number of aromatic nitrogens is 3. The van der Waals surface area contributed by atoms with E-state index in [1.54, 1.807) is 4.90 Å². The SMILES string of the molecule is CC1CCN(c2nc(N)nc(N(C)C)n2)CC1O. The van der Waals surface area contributed by atoms with E-state index in [-0.39, 0.29) is 12.1 Å². The molecule has 2 rings (SSSR count). The number of aliphatic hydroxyl groups excluding tert-OH is 1. The molecule has 0 aliphatic carbocycles. The summed E-state index contributed by atoms with van der Waals surface area (Å²) in [6.07, 6.45) is 0.573. The highest BCUT2D eigenvalue weighted by Crippen LogP contribution is 2.22. The number of hydrogen-bond donors (Lipinski definition) is 2. The fourth-order valence-electron chi connectivity index (χ4n) is 1.94. The molecule has 2 heterocycles. The minimum Gasteiger partial charge on any atom is -0.391 e. The standard InChI is InChI=1S/C11H20N6O/c1-7-4-5-17(6-8(7)18)11-14-9(12)13-10(15-11)16(2)3/h7-8,18H,4-6H2,1-3H3,(H2,12,13,14,15). The van der Waals surface area contributed by atoms with Crippen LogP contribution in [0.1, 0.15) is 13.3 Å². The van der Waals surface area contributed by atoms with Crippen molar-refractivity contribution in [2.24, 2.45) is 5.92 Å². The van der Waals surface area contributed by atoms with Crippen LogP contribution in [0.3, 0.4) is 0 Å². The first-order valence-electron chi connectivity index (χ1n) is 6.09. The maximum absolute atomic E-state index is 9.90. The van der Waals surface area contributed by atoms with Crippen LogP contribution in [0.15, 0.2) is 0 Å². The molecule has 0 bridgehead atoms. The van der Waals surface area contributed by atoms with Crippen LogP contribution in [0.5, 0.6) is 0 Å². The Labute approximate surface area is 107 Å². The molecule has 100 valence electrons. The van der Waals surface area contributed by atoms with Crippen molar-refractivity contribution in [1.82, 2.24) is 15.0 Å². The van der Waals surface area contributed by atoms with Crippen molar-refractivity contribution in [1.29, 1.82) is 0 Å². The van der Waals surface area contributed by atoms with E-state index in [1.165, 1.54) is 0 Å². The van der Waals surface area contributed by atoms with Crippen molar-refractivity contribution in [3.8, 4) is 0 Å². The third-order valence-electron chi connectivity index (χ3n) is 3.23. The first-order chi connectivity index (χ1) is 8.47. The van der Waals surface area contributed by atoms with Gasteiger partial charge in [-0.3, -0.25) is 0 Å². The Morgan fingerprint density at radius 2 is 2.06 bits per heavy atom. The molecular formula is C11H20N6O. The summed E-state index contributed by atoms with van der Waals surface area (Å²) < 4.78 is 0. The van der Waals surface area contributed by atoms with Crippen LogP contribution in [0.4, 0.5) is 17.8 Å². The first-order valence-corrected chi connectivity index (χ1v) is 6.09. The van der Waals surface area contributed by atoms with Gasteiger partial charge in [0.1, 0.15) is 0 Å². The third-order valence-corrected chi connectivity index (χ3v) is 3.23. The molecule has 1 aliphatic heterocycles. The van der Waals surface area contributed by atoms with Crippen molar-refractivity contribution < 1.29 is 5.11 Å². The number of nitrogens with zero attached hydrogens (tertiary/aromatic N) is 5. The van der Waals surface area contributed by atoms with Gasteiger partial charge in [-0.15, -0.1) is 0 Å². The number of hydrogen-bond acceptors (Lipinski definition) is 7. The van der Waals surface area contributed by atoms with Gasteiger partial charge in [-0.2, -0.15) is 15.0 Å². The van der Waals surface area contributed by atoms with E-state index in [0.717, 1.165) is 13.0 Å². The molecule has 18 heavy (non-hydrogen) atoms. The van der Waals surface area contributed by atoms with Crippen molar-refractivity contribution in [2.75, 3.05) is 42.7 Å². The zero-order chi connectivity index (χ0) is 13.3. The monoisotopic (exact) mass is 252 g/mol. The van der Waals surface area contributed by atoms with Crippen molar-refractivity contribution in [3.05, 3.63) is 0 Å². The summed E-state index contributed by atoms with van der Waals surface area (Å²) in [6, 6.07) is 0. The van der Waals surface area contributed by atoms with E-state index in [1.807, 2.05) is 19.0 Å². The van der Waals surface area contributed by atoms with Gasteiger partial charge in [0.05, 0.1) is 6.10 Å². The molecule has 1 fully saturated rings. The Balaban J connectivity index is 2.23. The number of rotatable bonds is 2. The Morgan fingerprint density at radius 3 is 2.67 bits per heavy atom. The Bertz CT molecular complexity index is 424. The highest BCUT2D eigenvalue weighted by molar-refractivity contribution is 5.43. The van der Waals surface area contributed by atoms with Gasteiger partial charge >= 0.3 is 0 Å². The fraction of sp³-hybridized carbons (Fsp3) is 0.727. The second-order valence-corrected chi connectivity index (χ2v) is 4.97. The number of piperidine rings is 1. The zero-order valence-electron chi connectivity index (χ0n) is 11.0. The number of nitrogen functional groups attached to an aromatic ring is 1. The lowest BCUT2D eigenvalue weighted by atomic mass is 9.96. The van der Waals surface area contributed by atoms with Gasteiger partial charge in [0.15, 0.2) is 0 Å². The molecular weight excluding hydrogens is 232 g/mol. The smallest absolute Gasteiger partial charge is 0.232 e. The number of anilines is 3. The Kier molecular flexibility index (Phi) is 3.51. The first kappa shape index (κ1) is 12.8. The van der Waals surface area contributed by atoms with Crippen LogP contribution in [0.25, 0.3) is 0 Å². The number of nitrogens with two attached hydrogens (primary N) is 1. The van der Waals surface area contributed by atoms with E-state index in [4.69, 9.17) is 5.73 Å². The predicted molar refractivity (Wildman–Crippen MR) is 70.6 cm³/mol. The summed E-state index contributed by atoms with van der Waals surface area (Å²) in [5.74, 6) is 1.59. The highest BCUT2D eigenvalue weighted by Gasteiger charge is 2.26. The minimum atomic E-state index is -0.348. The lowest BCUT2D eigenvalue weighted by Gasteiger charge is -2.34. The lowest BCUT2D eigenvalue weighted by molar-refractivity contribution is 0.102. The average molecular weight is 252 g/mol. The van der Waals surface area contributed by atoms with Crippen molar-refractivity contribution >= 4 is 17.8 Å². The Hall–Kier alpha value is -1.63. The summed E-state index contributed by atoms with van der Waals surface area (Å²) in [4.78, 5) is 16.3. The summed E-state index contributed by atoms with van der Waals surface area (Å²) >= 11 is 0. The molecule has 7 nitrogen and oxygen atoms in total. The van der Waals surface area contributed by atoms with Gasteiger partial charge in [-0.1, -0.05) is 6.92 Å². The van der Waals surface area contributed by atoms with Crippen LogP contribution in [0.2, 0.25) is 0 Å². The molecule has 2 unspecified atom stereocenters. The van der Waals surface area contributed by atoms with E-state index in [0.29, 0.717) is 24.4 Å². The van der Waals surface area contributed by atoms with Crippen LogP contribution in [0, 0.1) is 5.92 Å².